The van der Waals surface area contributed by atoms with Gasteiger partial charge in [-0.1, -0.05) is 23.7 Å². The fraction of sp³-hybridized carbons (Fsp3) is 0.125. The van der Waals surface area contributed by atoms with Gasteiger partial charge in [-0.2, -0.15) is 0 Å². The van der Waals surface area contributed by atoms with E-state index in [4.69, 9.17) is 16.7 Å². The summed E-state index contributed by atoms with van der Waals surface area (Å²) in [4.78, 5) is 22.3. The highest BCUT2D eigenvalue weighted by molar-refractivity contribution is 7.92. The number of rotatable bonds is 6. The van der Waals surface area contributed by atoms with Gasteiger partial charge in [0.05, 0.1) is 26.7 Å². The first-order valence-electron chi connectivity index (χ1n) is 7.08. The first-order chi connectivity index (χ1) is 11.7. The van der Waals surface area contributed by atoms with E-state index in [1.807, 2.05) is 0 Å². The number of aromatic carboxylic acids is 2. The molecule has 9 heteroatoms. The van der Waals surface area contributed by atoms with E-state index in [1.165, 1.54) is 36.4 Å². The van der Waals surface area contributed by atoms with Gasteiger partial charge in [-0.05, 0) is 37.3 Å². The molecule has 0 saturated carbocycles. The van der Waals surface area contributed by atoms with Crippen molar-refractivity contribution in [3.63, 3.8) is 0 Å². The average Bonchev–Trinajstić information content (AvgIpc) is 2.55. The number of benzene rings is 2. The maximum Gasteiger partial charge on any atom is 0.337 e. The van der Waals surface area contributed by atoms with Crippen molar-refractivity contribution in [1.29, 1.82) is 0 Å². The lowest BCUT2D eigenvalue weighted by Gasteiger charge is -2.24. The Hall–Kier alpha value is -2.58. The van der Waals surface area contributed by atoms with Gasteiger partial charge < -0.3 is 10.2 Å². The molecule has 7 nitrogen and oxygen atoms in total. The highest BCUT2D eigenvalue weighted by Crippen LogP contribution is 2.29. The Balaban J connectivity index is 2.64. The maximum atomic E-state index is 12.9. The topological polar surface area (TPSA) is 112 Å². The minimum atomic E-state index is -4.18. The Bertz CT molecular complexity index is 941. The minimum Gasteiger partial charge on any atom is -0.478 e. The molecule has 0 aliphatic rings. The number of nitrogens with zero attached hydrogens (tertiary/aromatic N) is 1. The van der Waals surface area contributed by atoms with Gasteiger partial charge in [-0.15, -0.1) is 0 Å². The number of hydrogen-bond donors (Lipinski definition) is 2. The standard InChI is InChI=1S/C16H14ClNO6S/c1-2-18(14-6-4-3-5-11(14)15(19)20)25(23,24)10-7-8-13(17)12(9-10)16(21)22/h3-9H,2H2,1H3,(H,19,20)(H,21,22). The fourth-order valence-electron chi connectivity index (χ4n) is 2.30. The second kappa shape index (κ2) is 7.12. The van der Waals surface area contributed by atoms with E-state index in [0.717, 1.165) is 10.4 Å². The van der Waals surface area contributed by atoms with E-state index in [1.54, 1.807) is 6.92 Å². The van der Waals surface area contributed by atoms with Crippen molar-refractivity contribution >= 4 is 39.3 Å². The Kier molecular flexibility index (Phi) is 5.34. The van der Waals surface area contributed by atoms with E-state index in [-0.39, 0.29) is 33.3 Å². The summed E-state index contributed by atoms with van der Waals surface area (Å²) in [6.07, 6.45) is 0. The van der Waals surface area contributed by atoms with E-state index < -0.39 is 22.0 Å². The van der Waals surface area contributed by atoms with Crippen LogP contribution >= 0.6 is 11.6 Å². The summed E-state index contributed by atoms with van der Waals surface area (Å²) in [5.41, 5.74) is -0.546. The third-order valence-corrected chi connectivity index (χ3v) is 5.66. The molecular weight excluding hydrogens is 370 g/mol. The second-order valence-corrected chi connectivity index (χ2v) is 7.21. The third kappa shape index (κ3) is 3.59. The van der Waals surface area contributed by atoms with Gasteiger partial charge in [0, 0.05) is 6.54 Å². The maximum absolute atomic E-state index is 12.9. The quantitative estimate of drug-likeness (QED) is 0.793. The number of para-hydroxylation sites is 1. The van der Waals surface area contributed by atoms with Crippen LogP contribution in [0, 0.1) is 0 Å². The highest BCUT2D eigenvalue weighted by Gasteiger charge is 2.28. The summed E-state index contributed by atoms with van der Waals surface area (Å²) in [5.74, 6) is -2.64. The number of hydrogen-bond acceptors (Lipinski definition) is 4. The van der Waals surface area contributed by atoms with Crippen molar-refractivity contribution in [2.75, 3.05) is 10.8 Å². The number of carboxylic acids is 2. The molecule has 25 heavy (non-hydrogen) atoms. The summed E-state index contributed by atoms with van der Waals surface area (Å²) in [6.45, 7) is 1.50. The van der Waals surface area contributed by atoms with Crippen LogP contribution in [-0.4, -0.2) is 37.1 Å². The number of carbonyl (C=O) groups is 2. The van der Waals surface area contributed by atoms with Gasteiger partial charge in [-0.25, -0.2) is 18.0 Å². The Labute approximate surface area is 149 Å². The van der Waals surface area contributed by atoms with Crippen LogP contribution in [-0.2, 0) is 10.0 Å². The molecule has 0 aliphatic heterocycles. The summed E-state index contributed by atoms with van der Waals surface area (Å²) in [6, 6.07) is 8.97. The fourth-order valence-corrected chi connectivity index (χ4v) is 4.02. The lowest BCUT2D eigenvalue weighted by molar-refractivity contribution is 0.0686. The molecule has 0 bridgehead atoms. The van der Waals surface area contributed by atoms with E-state index in [0.29, 0.717) is 0 Å². The van der Waals surface area contributed by atoms with Crippen molar-refractivity contribution in [2.24, 2.45) is 0 Å². The monoisotopic (exact) mass is 383 g/mol. The molecule has 0 amide bonds. The summed E-state index contributed by atoms with van der Waals surface area (Å²) in [5, 5.41) is 18.3. The van der Waals surface area contributed by atoms with Crippen molar-refractivity contribution < 1.29 is 28.2 Å². The summed E-state index contributed by atoms with van der Waals surface area (Å²) >= 11 is 5.77. The second-order valence-electron chi connectivity index (χ2n) is 4.94. The molecule has 0 fully saturated rings. The molecule has 2 N–H and O–H groups in total. The van der Waals surface area contributed by atoms with Gasteiger partial charge in [0.1, 0.15) is 0 Å². The predicted molar refractivity (Wildman–Crippen MR) is 92.0 cm³/mol. The van der Waals surface area contributed by atoms with Crippen LogP contribution in [0.5, 0.6) is 0 Å². The van der Waals surface area contributed by atoms with Crippen LogP contribution in [0.1, 0.15) is 27.6 Å². The molecule has 0 aromatic heterocycles. The normalized spacial score (nSPS) is 11.1. The minimum absolute atomic E-state index is 0.00988. The first-order valence-corrected chi connectivity index (χ1v) is 8.89. The van der Waals surface area contributed by atoms with Gasteiger partial charge in [0.15, 0.2) is 0 Å². The lowest BCUT2D eigenvalue weighted by atomic mass is 10.2. The zero-order chi connectivity index (χ0) is 18.8. The molecule has 2 aromatic carbocycles. The van der Waals surface area contributed by atoms with Crippen molar-refractivity contribution in [3.8, 4) is 0 Å². The van der Waals surface area contributed by atoms with Gasteiger partial charge in [0.2, 0.25) is 0 Å². The highest BCUT2D eigenvalue weighted by atomic mass is 35.5. The molecule has 0 radical (unpaired) electrons. The average molecular weight is 384 g/mol. The van der Waals surface area contributed by atoms with Crippen LogP contribution in [0.2, 0.25) is 5.02 Å². The van der Waals surface area contributed by atoms with Crippen molar-refractivity contribution in [2.45, 2.75) is 11.8 Å². The smallest absolute Gasteiger partial charge is 0.337 e. The molecule has 2 rings (SSSR count). The number of anilines is 1. The Morgan fingerprint density at radius 2 is 1.64 bits per heavy atom. The summed E-state index contributed by atoms with van der Waals surface area (Å²) < 4.78 is 26.8. The van der Waals surface area contributed by atoms with Crippen molar-refractivity contribution in [1.82, 2.24) is 0 Å². The van der Waals surface area contributed by atoms with Gasteiger partial charge >= 0.3 is 11.9 Å². The van der Waals surface area contributed by atoms with Crippen LogP contribution in [0.15, 0.2) is 47.4 Å². The molecule has 0 spiro atoms. The zero-order valence-corrected chi connectivity index (χ0v) is 14.6. The Morgan fingerprint density at radius 1 is 1.04 bits per heavy atom. The molecule has 132 valence electrons. The largest absolute Gasteiger partial charge is 0.478 e. The molecule has 0 heterocycles. The molecule has 0 unspecified atom stereocenters. The third-order valence-electron chi connectivity index (χ3n) is 3.45. The lowest BCUT2D eigenvalue weighted by Crippen LogP contribution is -2.32. The molecule has 0 atom stereocenters. The Morgan fingerprint density at radius 3 is 2.20 bits per heavy atom. The number of halogens is 1. The van der Waals surface area contributed by atoms with Crippen LogP contribution in [0.4, 0.5) is 5.69 Å². The van der Waals surface area contributed by atoms with Crippen LogP contribution in [0.25, 0.3) is 0 Å². The number of carboxylic acid groups (broad SMARTS) is 2. The summed E-state index contributed by atoms with van der Waals surface area (Å²) in [7, 11) is -4.18. The van der Waals surface area contributed by atoms with Gasteiger partial charge in [-0.3, -0.25) is 4.31 Å². The number of sulfonamides is 1. The molecular formula is C16H14ClNO6S. The zero-order valence-electron chi connectivity index (χ0n) is 13.0. The van der Waals surface area contributed by atoms with Gasteiger partial charge in [0.25, 0.3) is 10.0 Å². The van der Waals surface area contributed by atoms with E-state index in [9.17, 15) is 23.1 Å². The van der Waals surface area contributed by atoms with E-state index in [2.05, 4.69) is 0 Å². The predicted octanol–water partition coefficient (Wildman–Crippen LogP) is 2.95. The van der Waals surface area contributed by atoms with Crippen molar-refractivity contribution in [3.05, 3.63) is 58.6 Å². The molecule has 2 aromatic rings. The molecule has 0 saturated heterocycles. The molecule has 0 aliphatic carbocycles. The first kappa shape index (κ1) is 18.8. The van der Waals surface area contributed by atoms with E-state index >= 15 is 0 Å². The SMILES string of the molecule is CCN(c1ccccc1C(=O)O)S(=O)(=O)c1ccc(Cl)c(C(=O)O)c1. The van der Waals surface area contributed by atoms with Crippen LogP contribution in [0.3, 0.4) is 0 Å². The van der Waals surface area contributed by atoms with Crippen LogP contribution < -0.4 is 4.31 Å².